The van der Waals surface area contributed by atoms with Gasteiger partial charge in [0.1, 0.15) is 5.71 Å². The van der Waals surface area contributed by atoms with Crippen molar-refractivity contribution in [2.45, 2.75) is 45.3 Å². The third-order valence-corrected chi connectivity index (χ3v) is 6.56. The number of carbonyl (C=O) groups is 2. The Kier molecular flexibility index (Phi) is 5.41. The molecule has 29 heavy (non-hydrogen) atoms. The van der Waals surface area contributed by atoms with Crippen LogP contribution in [-0.4, -0.2) is 41.1 Å². The Balaban J connectivity index is 1.36. The van der Waals surface area contributed by atoms with Crippen molar-refractivity contribution in [1.29, 1.82) is 0 Å². The average Bonchev–Trinajstić information content (AvgIpc) is 3.33. The van der Waals surface area contributed by atoms with Crippen LogP contribution in [0.25, 0.3) is 0 Å². The van der Waals surface area contributed by atoms with E-state index < -0.39 is 5.60 Å². The first-order valence-electron chi connectivity index (χ1n) is 9.88. The van der Waals surface area contributed by atoms with Crippen LogP contribution in [0.2, 0.25) is 0 Å². The van der Waals surface area contributed by atoms with Crippen LogP contribution in [0.4, 0.5) is 0 Å². The summed E-state index contributed by atoms with van der Waals surface area (Å²) in [7, 11) is 0. The lowest BCUT2D eigenvalue weighted by Gasteiger charge is -2.38. The van der Waals surface area contributed by atoms with Crippen LogP contribution < -0.4 is 5.32 Å². The van der Waals surface area contributed by atoms with E-state index in [4.69, 9.17) is 4.84 Å². The van der Waals surface area contributed by atoms with Crippen molar-refractivity contribution < 1.29 is 14.4 Å². The maximum atomic E-state index is 12.9. The van der Waals surface area contributed by atoms with Gasteiger partial charge in [-0.1, -0.05) is 35.0 Å². The number of piperidine rings is 1. The second kappa shape index (κ2) is 7.99. The van der Waals surface area contributed by atoms with Gasteiger partial charge in [-0.15, -0.1) is 11.3 Å². The topological polar surface area (TPSA) is 71.0 Å². The van der Waals surface area contributed by atoms with Crippen LogP contribution in [0.1, 0.15) is 45.6 Å². The number of hydrogen-bond acceptors (Lipinski definition) is 5. The first-order valence-corrected chi connectivity index (χ1v) is 10.8. The summed E-state index contributed by atoms with van der Waals surface area (Å²) in [6, 6.07) is 10.0. The SMILES string of the molecule is Cc1ccc(CNC(=O)C2=NOC3(CCCN(C(=O)c4sccc4C)C3)C2)cc1. The van der Waals surface area contributed by atoms with Gasteiger partial charge < -0.3 is 15.1 Å². The number of hydrogen-bond donors (Lipinski definition) is 1. The predicted octanol–water partition coefficient (Wildman–Crippen LogP) is 3.43. The highest BCUT2D eigenvalue weighted by molar-refractivity contribution is 7.12. The average molecular weight is 412 g/mol. The van der Waals surface area contributed by atoms with Gasteiger partial charge in [-0.25, -0.2) is 0 Å². The number of benzene rings is 1. The fourth-order valence-corrected chi connectivity index (χ4v) is 4.75. The van der Waals surface area contributed by atoms with Crippen molar-refractivity contribution in [3.8, 4) is 0 Å². The molecule has 3 heterocycles. The molecule has 1 unspecified atom stereocenters. The molecule has 1 N–H and O–H groups in total. The normalized spacial score (nSPS) is 21.0. The van der Waals surface area contributed by atoms with E-state index in [-0.39, 0.29) is 11.8 Å². The van der Waals surface area contributed by atoms with Crippen molar-refractivity contribution in [3.05, 3.63) is 57.3 Å². The summed E-state index contributed by atoms with van der Waals surface area (Å²) >= 11 is 1.47. The van der Waals surface area contributed by atoms with E-state index in [2.05, 4.69) is 10.5 Å². The minimum Gasteiger partial charge on any atom is -0.386 e. The molecule has 1 fully saturated rings. The van der Waals surface area contributed by atoms with Crippen molar-refractivity contribution in [2.24, 2.45) is 5.16 Å². The number of aryl methyl sites for hydroxylation is 2. The molecule has 7 heteroatoms. The van der Waals surface area contributed by atoms with E-state index in [1.54, 1.807) is 0 Å². The standard InChI is InChI=1S/C22H25N3O3S/c1-15-4-6-17(7-5-15)13-23-20(26)18-12-22(28-24-18)9-3-10-25(14-22)21(27)19-16(2)8-11-29-19/h4-8,11H,3,9-10,12-14H2,1-2H3,(H,23,26). The zero-order chi connectivity index (χ0) is 20.4. The number of amides is 2. The summed E-state index contributed by atoms with van der Waals surface area (Å²) in [6.45, 7) is 5.60. The predicted molar refractivity (Wildman–Crippen MR) is 113 cm³/mol. The maximum Gasteiger partial charge on any atom is 0.269 e. The summed E-state index contributed by atoms with van der Waals surface area (Å²) < 4.78 is 0. The summed E-state index contributed by atoms with van der Waals surface area (Å²) in [6.07, 6.45) is 2.06. The van der Waals surface area contributed by atoms with Gasteiger partial charge in [-0.05, 0) is 49.3 Å². The number of carbonyl (C=O) groups excluding carboxylic acids is 2. The highest BCUT2D eigenvalue weighted by Crippen LogP contribution is 2.34. The van der Waals surface area contributed by atoms with Gasteiger partial charge in [0, 0.05) is 19.5 Å². The molecule has 2 aliphatic heterocycles. The number of nitrogens with one attached hydrogen (secondary N) is 1. The first kappa shape index (κ1) is 19.6. The molecular formula is C22H25N3O3S. The van der Waals surface area contributed by atoms with E-state index in [9.17, 15) is 9.59 Å². The Morgan fingerprint density at radius 3 is 2.76 bits per heavy atom. The Hall–Kier alpha value is -2.67. The van der Waals surface area contributed by atoms with Crippen LogP contribution in [0.15, 0.2) is 40.9 Å². The molecule has 1 spiro atoms. The van der Waals surface area contributed by atoms with Crippen molar-refractivity contribution in [3.63, 3.8) is 0 Å². The maximum absolute atomic E-state index is 12.9. The van der Waals surface area contributed by atoms with Crippen LogP contribution in [0.3, 0.4) is 0 Å². The van der Waals surface area contributed by atoms with E-state index >= 15 is 0 Å². The molecular weight excluding hydrogens is 386 g/mol. The Labute approximate surface area is 174 Å². The molecule has 2 aromatic rings. The summed E-state index contributed by atoms with van der Waals surface area (Å²) in [5, 5.41) is 8.94. The number of oxime groups is 1. The van der Waals surface area contributed by atoms with E-state index in [0.29, 0.717) is 31.8 Å². The minimum absolute atomic E-state index is 0.0393. The summed E-state index contributed by atoms with van der Waals surface area (Å²) in [5.41, 5.74) is 3.04. The molecule has 0 radical (unpaired) electrons. The molecule has 1 aromatic carbocycles. The third-order valence-electron chi connectivity index (χ3n) is 5.56. The monoisotopic (exact) mass is 411 g/mol. The molecule has 152 valence electrons. The third kappa shape index (κ3) is 4.19. The van der Waals surface area contributed by atoms with Gasteiger partial charge in [-0.3, -0.25) is 9.59 Å². The fourth-order valence-electron chi connectivity index (χ4n) is 3.86. The lowest BCUT2D eigenvalue weighted by Crippen LogP contribution is -2.51. The van der Waals surface area contributed by atoms with Crippen molar-refractivity contribution >= 4 is 28.9 Å². The molecule has 0 saturated carbocycles. The van der Waals surface area contributed by atoms with E-state index in [1.807, 2.05) is 54.5 Å². The highest BCUT2D eigenvalue weighted by Gasteiger charge is 2.45. The van der Waals surface area contributed by atoms with E-state index in [0.717, 1.165) is 28.8 Å². The molecule has 2 aliphatic rings. The quantitative estimate of drug-likeness (QED) is 0.838. The molecule has 1 aromatic heterocycles. The summed E-state index contributed by atoms with van der Waals surface area (Å²) in [4.78, 5) is 33.8. The molecule has 4 rings (SSSR count). The summed E-state index contributed by atoms with van der Waals surface area (Å²) in [5.74, 6) is -0.169. The highest BCUT2D eigenvalue weighted by atomic mass is 32.1. The smallest absolute Gasteiger partial charge is 0.269 e. The second-order valence-corrected chi connectivity index (χ2v) is 8.84. The Bertz CT molecular complexity index is 950. The van der Waals surface area contributed by atoms with Gasteiger partial charge in [0.2, 0.25) is 0 Å². The van der Waals surface area contributed by atoms with Gasteiger partial charge in [0.25, 0.3) is 11.8 Å². The van der Waals surface area contributed by atoms with Crippen LogP contribution in [0.5, 0.6) is 0 Å². The number of nitrogens with zero attached hydrogens (tertiary/aromatic N) is 2. The van der Waals surface area contributed by atoms with Crippen molar-refractivity contribution in [1.82, 2.24) is 10.2 Å². The van der Waals surface area contributed by atoms with Crippen LogP contribution in [-0.2, 0) is 16.2 Å². The van der Waals surface area contributed by atoms with Gasteiger partial charge in [0.15, 0.2) is 5.60 Å². The molecule has 2 amide bonds. The second-order valence-electron chi connectivity index (χ2n) is 7.92. The lowest BCUT2D eigenvalue weighted by atomic mass is 9.88. The fraction of sp³-hybridized carbons (Fsp3) is 0.409. The Morgan fingerprint density at radius 2 is 2.03 bits per heavy atom. The van der Waals surface area contributed by atoms with Crippen LogP contribution >= 0.6 is 11.3 Å². The molecule has 1 atom stereocenters. The number of thiophene rings is 1. The zero-order valence-corrected chi connectivity index (χ0v) is 17.6. The van der Waals surface area contributed by atoms with Crippen molar-refractivity contribution in [2.75, 3.05) is 13.1 Å². The van der Waals surface area contributed by atoms with Gasteiger partial charge in [0.05, 0.1) is 11.4 Å². The van der Waals surface area contributed by atoms with Crippen LogP contribution in [0, 0.1) is 13.8 Å². The molecule has 6 nitrogen and oxygen atoms in total. The minimum atomic E-state index is -0.588. The van der Waals surface area contributed by atoms with E-state index in [1.165, 1.54) is 16.9 Å². The van der Waals surface area contributed by atoms with Gasteiger partial charge >= 0.3 is 0 Å². The molecule has 1 saturated heterocycles. The first-order chi connectivity index (χ1) is 14.0. The lowest BCUT2D eigenvalue weighted by molar-refractivity contribution is -0.115. The Morgan fingerprint density at radius 1 is 1.24 bits per heavy atom. The largest absolute Gasteiger partial charge is 0.386 e. The number of rotatable bonds is 4. The molecule has 0 aliphatic carbocycles. The zero-order valence-electron chi connectivity index (χ0n) is 16.7. The van der Waals surface area contributed by atoms with Gasteiger partial charge in [-0.2, -0.15) is 0 Å². The molecule has 0 bridgehead atoms. The number of likely N-dealkylation sites (tertiary alicyclic amines) is 1.